The first-order valence-electron chi connectivity index (χ1n) is 4.01. The van der Waals surface area contributed by atoms with Gasteiger partial charge in [0.1, 0.15) is 5.82 Å². The highest BCUT2D eigenvalue weighted by molar-refractivity contribution is 9.10. The van der Waals surface area contributed by atoms with Crippen LogP contribution in [0.5, 0.6) is 0 Å². The molecule has 0 heterocycles. The second kappa shape index (κ2) is 5.08. The van der Waals surface area contributed by atoms with Crippen LogP contribution in [-0.2, 0) is 17.8 Å². The van der Waals surface area contributed by atoms with Gasteiger partial charge < -0.3 is 4.74 Å². The van der Waals surface area contributed by atoms with E-state index in [0.717, 1.165) is 0 Å². The first-order valence-corrected chi connectivity index (χ1v) is 4.81. The molecule has 14 heavy (non-hydrogen) atoms. The van der Waals surface area contributed by atoms with Crippen molar-refractivity contribution in [2.24, 2.45) is 0 Å². The number of nitrogens with zero attached hydrogens (tertiary/aromatic N) is 1. The van der Waals surface area contributed by atoms with Crippen molar-refractivity contribution in [3.8, 4) is 6.07 Å². The Kier molecular flexibility index (Phi) is 4.05. The van der Waals surface area contributed by atoms with Crippen molar-refractivity contribution in [3.63, 3.8) is 0 Å². The third-order valence-electron chi connectivity index (χ3n) is 1.77. The molecule has 0 spiro atoms. The van der Waals surface area contributed by atoms with Crippen molar-refractivity contribution in [1.82, 2.24) is 0 Å². The zero-order valence-electron chi connectivity index (χ0n) is 7.68. The Balaban J connectivity index is 3.06. The smallest absolute Gasteiger partial charge is 0.130 e. The average molecular weight is 258 g/mol. The normalized spacial score (nSPS) is 9.86. The van der Waals surface area contributed by atoms with Gasteiger partial charge in [-0.25, -0.2) is 4.39 Å². The number of halogens is 2. The van der Waals surface area contributed by atoms with Gasteiger partial charge in [0, 0.05) is 17.1 Å². The van der Waals surface area contributed by atoms with Crippen molar-refractivity contribution in [2.45, 2.75) is 13.0 Å². The van der Waals surface area contributed by atoms with Gasteiger partial charge in [-0.2, -0.15) is 5.26 Å². The number of benzene rings is 1. The first kappa shape index (κ1) is 11.2. The third-order valence-corrected chi connectivity index (χ3v) is 2.48. The van der Waals surface area contributed by atoms with Crippen LogP contribution in [0.3, 0.4) is 0 Å². The van der Waals surface area contributed by atoms with Gasteiger partial charge in [0.05, 0.1) is 19.1 Å². The summed E-state index contributed by atoms with van der Waals surface area (Å²) in [7, 11) is 1.51. The zero-order chi connectivity index (χ0) is 10.6. The summed E-state index contributed by atoms with van der Waals surface area (Å²) in [6.45, 7) is 0.221. The molecule has 4 heteroatoms. The Hall–Kier alpha value is -0.920. The van der Waals surface area contributed by atoms with Crippen LogP contribution in [-0.4, -0.2) is 7.11 Å². The van der Waals surface area contributed by atoms with E-state index in [1.807, 2.05) is 6.07 Å². The Bertz CT molecular complexity index is 350. The number of rotatable bonds is 3. The molecule has 0 N–H and O–H groups in total. The van der Waals surface area contributed by atoms with Crippen molar-refractivity contribution in [2.75, 3.05) is 7.11 Å². The van der Waals surface area contributed by atoms with Gasteiger partial charge in [0.25, 0.3) is 0 Å². The van der Waals surface area contributed by atoms with Gasteiger partial charge in [-0.15, -0.1) is 0 Å². The zero-order valence-corrected chi connectivity index (χ0v) is 9.27. The summed E-state index contributed by atoms with van der Waals surface area (Å²) in [5, 5.41) is 8.46. The molecule has 0 fully saturated rings. The van der Waals surface area contributed by atoms with Crippen molar-refractivity contribution in [1.29, 1.82) is 5.26 Å². The lowest BCUT2D eigenvalue weighted by molar-refractivity contribution is 0.181. The van der Waals surface area contributed by atoms with Crippen molar-refractivity contribution in [3.05, 3.63) is 33.5 Å². The lowest BCUT2D eigenvalue weighted by Gasteiger charge is -2.06. The Morgan fingerprint density at radius 3 is 2.79 bits per heavy atom. The quantitative estimate of drug-likeness (QED) is 0.835. The predicted octanol–water partition coefficient (Wildman–Crippen LogP) is 2.80. The molecular formula is C10H9BrFNO. The second-order valence-electron chi connectivity index (χ2n) is 2.81. The molecular weight excluding hydrogens is 249 g/mol. The first-order chi connectivity index (χ1) is 6.69. The van der Waals surface area contributed by atoms with E-state index < -0.39 is 0 Å². The van der Waals surface area contributed by atoms with E-state index in [1.165, 1.54) is 13.2 Å². The van der Waals surface area contributed by atoms with E-state index in [2.05, 4.69) is 15.9 Å². The van der Waals surface area contributed by atoms with Crippen LogP contribution in [0.15, 0.2) is 16.6 Å². The molecule has 0 amide bonds. The van der Waals surface area contributed by atoms with Crippen molar-refractivity contribution < 1.29 is 9.13 Å². The Morgan fingerprint density at radius 1 is 1.57 bits per heavy atom. The van der Waals surface area contributed by atoms with Crippen LogP contribution in [0.4, 0.5) is 4.39 Å². The molecule has 0 aliphatic heterocycles. The van der Waals surface area contributed by atoms with E-state index in [0.29, 0.717) is 15.6 Å². The number of hydrogen-bond acceptors (Lipinski definition) is 2. The number of hydrogen-bond donors (Lipinski definition) is 0. The molecule has 0 aromatic heterocycles. The Labute approximate surface area is 90.4 Å². The minimum absolute atomic E-state index is 0.211. The maximum absolute atomic E-state index is 13.4. The summed E-state index contributed by atoms with van der Waals surface area (Å²) in [4.78, 5) is 0. The fourth-order valence-corrected chi connectivity index (χ4v) is 1.73. The topological polar surface area (TPSA) is 33.0 Å². The van der Waals surface area contributed by atoms with E-state index in [1.54, 1.807) is 6.07 Å². The SMILES string of the molecule is COCc1c(F)cc(CC#N)cc1Br. The van der Waals surface area contributed by atoms with Crippen LogP contribution in [0, 0.1) is 17.1 Å². The van der Waals surface area contributed by atoms with Gasteiger partial charge in [0.2, 0.25) is 0 Å². The van der Waals surface area contributed by atoms with Crippen LogP contribution in [0.25, 0.3) is 0 Å². The molecule has 74 valence electrons. The molecule has 0 unspecified atom stereocenters. The highest BCUT2D eigenvalue weighted by Gasteiger charge is 2.08. The van der Waals surface area contributed by atoms with Gasteiger partial charge in [0.15, 0.2) is 0 Å². The predicted molar refractivity (Wildman–Crippen MR) is 54.1 cm³/mol. The monoisotopic (exact) mass is 257 g/mol. The maximum Gasteiger partial charge on any atom is 0.130 e. The second-order valence-corrected chi connectivity index (χ2v) is 3.66. The standard InChI is InChI=1S/C10H9BrFNO/c1-14-6-8-9(11)4-7(2-3-13)5-10(8)12/h4-5H,2,6H2,1H3. The number of ether oxygens (including phenoxy) is 1. The van der Waals surface area contributed by atoms with E-state index >= 15 is 0 Å². The number of methoxy groups -OCH3 is 1. The fourth-order valence-electron chi connectivity index (χ4n) is 1.13. The highest BCUT2D eigenvalue weighted by Crippen LogP contribution is 2.23. The summed E-state index contributed by atoms with van der Waals surface area (Å²) in [5.74, 6) is -0.341. The van der Waals surface area contributed by atoms with Gasteiger partial charge in [-0.05, 0) is 17.7 Å². The lowest BCUT2D eigenvalue weighted by Crippen LogP contribution is -1.96. The van der Waals surface area contributed by atoms with Gasteiger partial charge in [-0.1, -0.05) is 15.9 Å². The summed E-state index contributed by atoms with van der Waals surface area (Å²) in [6, 6.07) is 5.07. The minimum atomic E-state index is -0.341. The largest absolute Gasteiger partial charge is 0.380 e. The molecule has 1 rings (SSSR count). The molecule has 0 saturated heterocycles. The molecule has 0 saturated carbocycles. The highest BCUT2D eigenvalue weighted by atomic mass is 79.9. The van der Waals surface area contributed by atoms with Crippen LogP contribution < -0.4 is 0 Å². The minimum Gasteiger partial charge on any atom is -0.380 e. The van der Waals surface area contributed by atoms with Crippen LogP contribution in [0.2, 0.25) is 0 Å². The summed E-state index contributed by atoms with van der Waals surface area (Å²) in [6.07, 6.45) is 0.211. The lowest BCUT2D eigenvalue weighted by atomic mass is 10.1. The molecule has 0 bridgehead atoms. The maximum atomic E-state index is 13.4. The molecule has 1 aromatic carbocycles. The molecule has 0 atom stereocenters. The van der Waals surface area contributed by atoms with Gasteiger partial charge in [-0.3, -0.25) is 0 Å². The average Bonchev–Trinajstić information content (AvgIpc) is 2.12. The Morgan fingerprint density at radius 2 is 2.29 bits per heavy atom. The van der Waals surface area contributed by atoms with Gasteiger partial charge >= 0.3 is 0 Å². The van der Waals surface area contributed by atoms with E-state index in [9.17, 15) is 4.39 Å². The van der Waals surface area contributed by atoms with E-state index in [-0.39, 0.29) is 18.8 Å². The van der Waals surface area contributed by atoms with Crippen LogP contribution >= 0.6 is 15.9 Å². The van der Waals surface area contributed by atoms with Crippen molar-refractivity contribution >= 4 is 15.9 Å². The third kappa shape index (κ3) is 2.53. The molecule has 2 nitrogen and oxygen atoms in total. The number of nitriles is 1. The fraction of sp³-hybridized carbons (Fsp3) is 0.300. The molecule has 0 aliphatic rings. The van der Waals surface area contributed by atoms with Crippen LogP contribution in [0.1, 0.15) is 11.1 Å². The summed E-state index contributed by atoms with van der Waals surface area (Å²) >= 11 is 3.24. The summed E-state index contributed by atoms with van der Waals surface area (Å²) in [5.41, 5.74) is 1.14. The molecule has 0 aliphatic carbocycles. The molecule has 1 aromatic rings. The summed E-state index contributed by atoms with van der Waals surface area (Å²) < 4.78 is 18.9. The van der Waals surface area contributed by atoms with E-state index in [4.69, 9.17) is 10.00 Å². The molecule has 0 radical (unpaired) electrons.